The minimum atomic E-state index is -0.213. The van der Waals surface area contributed by atoms with Crippen molar-refractivity contribution in [1.29, 1.82) is 0 Å². The van der Waals surface area contributed by atoms with Crippen LogP contribution in [0.15, 0.2) is 121 Å². The number of para-hydroxylation sites is 1. The Morgan fingerprint density at radius 2 is 1.03 bits per heavy atom. The van der Waals surface area contributed by atoms with E-state index in [1.807, 2.05) is 78.9 Å². The first-order chi connectivity index (χ1) is 17.6. The maximum absolute atomic E-state index is 13.1. The summed E-state index contributed by atoms with van der Waals surface area (Å²) in [5.74, 6) is -0.425. The van der Waals surface area contributed by atoms with Gasteiger partial charge in [0.15, 0.2) is 11.6 Å². The molecule has 0 spiro atoms. The van der Waals surface area contributed by atoms with Crippen LogP contribution in [0, 0.1) is 6.92 Å². The summed E-state index contributed by atoms with van der Waals surface area (Å²) in [5.41, 5.74) is 6.29. The highest BCUT2D eigenvalue weighted by Crippen LogP contribution is 2.35. The van der Waals surface area contributed by atoms with Gasteiger partial charge in [0, 0.05) is 28.2 Å². The number of nitrogens with zero attached hydrogens (tertiary/aromatic N) is 1. The number of fused-ring (bicyclic) bond motifs is 2. The quantitative estimate of drug-likeness (QED) is 0.199. The minimum absolute atomic E-state index is 0.213. The standard InChI is InChI=1S/C33H23NO2/c1-22-11-15-27(16-12-22)34(26-9-3-2-4-10-26)28-17-13-23(14-18-28)19-31-32(35)29-20-24-7-5-6-8-25(24)21-30(29)33(31)36/h2-21H,1H3. The van der Waals surface area contributed by atoms with Crippen LogP contribution in [0.2, 0.25) is 0 Å². The molecular weight excluding hydrogens is 442 g/mol. The molecule has 3 nitrogen and oxygen atoms in total. The van der Waals surface area contributed by atoms with Crippen LogP contribution in [0.25, 0.3) is 16.8 Å². The van der Waals surface area contributed by atoms with Crippen LogP contribution < -0.4 is 4.90 Å². The Balaban J connectivity index is 1.36. The summed E-state index contributed by atoms with van der Waals surface area (Å²) >= 11 is 0. The number of anilines is 3. The monoisotopic (exact) mass is 465 g/mol. The molecule has 0 heterocycles. The van der Waals surface area contributed by atoms with Crippen molar-refractivity contribution in [3.63, 3.8) is 0 Å². The van der Waals surface area contributed by atoms with Gasteiger partial charge >= 0.3 is 0 Å². The fraction of sp³-hybridized carbons (Fsp3) is 0.0303. The Morgan fingerprint density at radius 3 is 1.58 bits per heavy atom. The Kier molecular flexibility index (Phi) is 5.31. The summed E-state index contributed by atoms with van der Waals surface area (Å²) in [7, 11) is 0. The molecule has 0 saturated heterocycles. The van der Waals surface area contributed by atoms with Gasteiger partial charge in [-0.1, -0.05) is 72.3 Å². The molecule has 6 rings (SSSR count). The first kappa shape index (κ1) is 21.8. The number of ketones is 2. The second-order valence-corrected chi connectivity index (χ2v) is 9.06. The van der Waals surface area contributed by atoms with Crippen molar-refractivity contribution in [3.8, 4) is 0 Å². The first-order valence-corrected chi connectivity index (χ1v) is 11.9. The van der Waals surface area contributed by atoms with Crippen molar-refractivity contribution < 1.29 is 9.59 Å². The molecule has 1 aliphatic carbocycles. The summed E-state index contributed by atoms with van der Waals surface area (Å²) in [4.78, 5) is 28.4. The zero-order valence-corrected chi connectivity index (χ0v) is 19.8. The van der Waals surface area contributed by atoms with Gasteiger partial charge in [0.05, 0.1) is 5.57 Å². The summed E-state index contributed by atoms with van der Waals surface area (Å²) in [6, 6.07) is 38.0. The Hall–Kier alpha value is -4.76. The number of hydrogen-bond acceptors (Lipinski definition) is 3. The van der Waals surface area contributed by atoms with Gasteiger partial charge in [-0.3, -0.25) is 9.59 Å². The van der Waals surface area contributed by atoms with Crippen molar-refractivity contribution in [2.24, 2.45) is 0 Å². The van der Waals surface area contributed by atoms with E-state index in [4.69, 9.17) is 0 Å². The van der Waals surface area contributed by atoms with Gasteiger partial charge in [0.25, 0.3) is 0 Å². The van der Waals surface area contributed by atoms with Crippen LogP contribution in [0.1, 0.15) is 31.8 Å². The number of benzene rings is 5. The summed E-state index contributed by atoms with van der Waals surface area (Å²) in [6.07, 6.45) is 1.71. The van der Waals surface area contributed by atoms with Crippen LogP contribution in [-0.2, 0) is 0 Å². The predicted molar refractivity (Wildman–Crippen MR) is 146 cm³/mol. The third-order valence-corrected chi connectivity index (χ3v) is 6.63. The first-order valence-electron chi connectivity index (χ1n) is 11.9. The van der Waals surface area contributed by atoms with Crippen molar-refractivity contribution in [2.45, 2.75) is 6.92 Å². The highest BCUT2D eigenvalue weighted by atomic mass is 16.2. The van der Waals surface area contributed by atoms with E-state index < -0.39 is 0 Å². The van der Waals surface area contributed by atoms with Crippen LogP contribution in [0.4, 0.5) is 17.1 Å². The van der Waals surface area contributed by atoms with Gasteiger partial charge < -0.3 is 4.90 Å². The van der Waals surface area contributed by atoms with E-state index in [0.29, 0.717) is 11.1 Å². The number of carbonyl (C=O) groups is 2. The molecular formula is C33H23NO2. The average Bonchev–Trinajstić information content (AvgIpc) is 3.14. The number of Topliss-reactive ketones (excluding diaryl/α,β-unsaturated/α-hetero) is 2. The lowest BCUT2D eigenvalue weighted by Crippen LogP contribution is -2.09. The smallest absolute Gasteiger partial charge is 0.197 e. The fourth-order valence-electron chi connectivity index (χ4n) is 4.74. The van der Waals surface area contributed by atoms with Gasteiger partial charge in [-0.15, -0.1) is 0 Å². The molecule has 5 aromatic carbocycles. The van der Waals surface area contributed by atoms with Crippen LogP contribution in [0.3, 0.4) is 0 Å². The Labute approximate surface area is 209 Å². The normalized spacial score (nSPS) is 12.6. The zero-order chi connectivity index (χ0) is 24.6. The Morgan fingerprint density at radius 1 is 0.556 bits per heavy atom. The van der Waals surface area contributed by atoms with Crippen molar-refractivity contribution in [3.05, 3.63) is 143 Å². The van der Waals surface area contributed by atoms with Crippen molar-refractivity contribution >= 4 is 45.5 Å². The molecule has 36 heavy (non-hydrogen) atoms. The number of allylic oxidation sites excluding steroid dienone is 1. The van der Waals surface area contributed by atoms with Crippen molar-refractivity contribution in [2.75, 3.05) is 4.90 Å². The fourth-order valence-corrected chi connectivity index (χ4v) is 4.74. The molecule has 0 aromatic heterocycles. The molecule has 0 atom stereocenters. The Bertz CT molecular complexity index is 1590. The summed E-state index contributed by atoms with van der Waals surface area (Å²) in [6.45, 7) is 2.07. The number of carbonyl (C=O) groups excluding carboxylic acids is 2. The minimum Gasteiger partial charge on any atom is -0.311 e. The maximum atomic E-state index is 13.1. The topological polar surface area (TPSA) is 37.4 Å². The highest BCUT2D eigenvalue weighted by Gasteiger charge is 2.33. The van der Waals surface area contributed by atoms with Gasteiger partial charge in [0.1, 0.15) is 0 Å². The zero-order valence-electron chi connectivity index (χ0n) is 19.8. The van der Waals surface area contributed by atoms with E-state index >= 15 is 0 Å². The second kappa shape index (κ2) is 8.79. The third-order valence-electron chi connectivity index (χ3n) is 6.63. The van der Waals surface area contributed by atoms with Crippen molar-refractivity contribution in [1.82, 2.24) is 0 Å². The number of aryl methyl sites for hydroxylation is 1. The van der Waals surface area contributed by atoms with Crippen LogP contribution >= 0.6 is 0 Å². The lowest BCUT2D eigenvalue weighted by Gasteiger charge is -2.25. The maximum Gasteiger partial charge on any atom is 0.197 e. The van der Waals surface area contributed by atoms with E-state index in [9.17, 15) is 9.59 Å². The van der Waals surface area contributed by atoms with E-state index in [1.54, 1.807) is 6.08 Å². The molecule has 3 heteroatoms. The SMILES string of the molecule is Cc1ccc(N(c2ccccc2)c2ccc(C=C3C(=O)c4cc5ccccc5cc4C3=O)cc2)cc1. The van der Waals surface area contributed by atoms with E-state index in [1.165, 1.54) is 5.56 Å². The van der Waals surface area contributed by atoms with Crippen LogP contribution in [0.5, 0.6) is 0 Å². The molecule has 0 saturated carbocycles. The van der Waals surface area contributed by atoms with Gasteiger partial charge in [-0.25, -0.2) is 0 Å². The van der Waals surface area contributed by atoms with Gasteiger partial charge in [-0.05, 0) is 77.9 Å². The molecule has 172 valence electrons. The molecule has 0 bridgehead atoms. The van der Waals surface area contributed by atoms with Gasteiger partial charge in [0.2, 0.25) is 0 Å². The summed E-state index contributed by atoms with van der Waals surface area (Å²) < 4.78 is 0. The highest BCUT2D eigenvalue weighted by molar-refractivity contribution is 6.42. The molecule has 0 radical (unpaired) electrons. The van der Waals surface area contributed by atoms with E-state index in [0.717, 1.165) is 33.4 Å². The van der Waals surface area contributed by atoms with Crippen LogP contribution in [-0.4, -0.2) is 11.6 Å². The molecule has 5 aromatic rings. The lowest BCUT2D eigenvalue weighted by molar-refractivity contribution is 0.0990. The molecule has 0 N–H and O–H groups in total. The molecule has 0 amide bonds. The van der Waals surface area contributed by atoms with E-state index in [2.05, 4.69) is 48.2 Å². The second-order valence-electron chi connectivity index (χ2n) is 9.06. The summed E-state index contributed by atoms with van der Waals surface area (Å²) in [5, 5.41) is 1.92. The lowest BCUT2D eigenvalue weighted by atomic mass is 10.0. The van der Waals surface area contributed by atoms with Gasteiger partial charge in [-0.2, -0.15) is 0 Å². The molecule has 0 unspecified atom stereocenters. The molecule has 0 fully saturated rings. The third kappa shape index (κ3) is 3.81. The van der Waals surface area contributed by atoms with E-state index in [-0.39, 0.29) is 17.1 Å². The number of rotatable bonds is 4. The predicted octanol–water partition coefficient (Wildman–Crippen LogP) is 8.08. The largest absolute Gasteiger partial charge is 0.311 e. The number of hydrogen-bond donors (Lipinski definition) is 0. The molecule has 0 aliphatic heterocycles. The average molecular weight is 466 g/mol. The molecule has 1 aliphatic rings.